The molecular formula is C13H19N3O. The van der Waals surface area contributed by atoms with Gasteiger partial charge in [-0.15, -0.1) is 0 Å². The maximum absolute atomic E-state index is 5.93. The Bertz CT molecular complexity index is 371. The normalized spacial score (nSPS) is 25.8. The standard InChI is InChI=1S/C13H19N3O/c1-15-7-4-8-16(10-9-15)13-14-11-5-2-3-6-12(11)17-13/h2-3,5-6,13-14H,4,7-10H2,1H3. The number of anilines is 1. The van der Waals surface area contributed by atoms with E-state index in [4.69, 9.17) is 4.74 Å². The van der Waals surface area contributed by atoms with Gasteiger partial charge in [0, 0.05) is 19.6 Å². The maximum Gasteiger partial charge on any atom is 0.230 e. The molecule has 1 aromatic rings. The Kier molecular flexibility index (Phi) is 2.91. The zero-order valence-electron chi connectivity index (χ0n) is 10.2. The van der Waals surface area contributed by atoms with Gasteiger partial charge in [0.2, 0.25) is 6.35 Å². The number of para-hydroxylation sites is 2. The summed E-state index contributed by atoms with van der Waals surface area (Å²) in [6.45, 7) is 4.44. The second-order valence-corrected chi connectivity index (χ2v) is 4.80. The summed E-state index contributed by atoms with van der Waals surface area (Å²) in [7, 11) is 2.18. The van der Waals surface area contributed by atoms with Gasteiger partial charge in [-0.2, -0.15) is 0 Å². The Morgan fingerprint density at radius 2 is 2.06 bits per heavy atom. The van der Waals surface area contributed by atoms with Crippen LogP contribution in [-0.2, 0) is 0 Å². The third-order valence-corrected chi connectivity index (χ3v) is 3.49. The fraction of sp³-hybridized carbons (Fsp3) is 0.538. The molecule has 0 bridgehead atoms. The van der Waals surface area contributed by atoms with Crippen LogP contribution in [0.15, 0.2) is 24.3 Å². The van der Waals surface area contributed by atoms with Crippen molar-refractivity contribution in [3.63, 3.8) is 0 Å². The molecule has 2 aliphatic heterocycles. The molecule has 2 heterocycles. The van der Waals surface area contributed by atoms with E-state index in [1.165, 1.54) is 13.0 Å². The molecular weight excluding hydrogens is 214 g/mol. The molecule has 92 valence electrons. The van der Waals surface area contributed by atoms with Crippen LogP contribution in [0, 0.1) is 0 Å². The van der Waals surface area contributed by atoms with Crippen LogP contribution < -0.4 is 10.1 Å². The Hall–Kier alpha value is -1.26. The molecule has 1 N–H and O–H groups in total. The minimum absolute atomic E-state index is 0.0129. The number of hydrogen-bond donors (Lipinski definition) is 1. The highest BCUT2D eigenvalue weighted by atomic mass is 16.5. The lowest BCUT2D eigenvalue weighted by molar-refractivity contribution is 0.0635. The molecule has 1 unspecified atom stereocenters. The summed E-state index contributed by atoms with van der Waals surface area (Å²) in [5.41, 5.74) is 1.11. The smallest absolute Gasteiger partial charge is 0.230 e. The van der Waals surface area contributed by atoms with Crippen LogP contribution in [0.4, 0.5) is 5.69 Å². The summed E-state index contributed by atoms with van der Waals surface area (Å²) < 4.78 is 5.93. The Morgan fingerprint density at radius 1 is 1.18 bits per heavy atom. The molecule has 0 spiro atoms. The minimum Gasteiger partial charge on any atom is -0.455 e. The van der Waals surface area contributed by atoms with Crippen molar-refractivity contribution in [3.8, 4) is 5.75 Å². The van der Waals surface area contributed by atoms with Gasteiger partial charge in [-0.3, -0.25) is 0 Å². The molecule has 1 aromatic carbocycles. The van der Waals surface area contributed by atoms with E-state index in [1.54, 1.807) is 0 Å². The molecule has 17 heavy (non-hydrogen) atoms. The number of fused-ring (bicyclic) bond motifs is 1. The monoisotopic (exact) mass is 233 g/mol. The van der Waals surface area contributed by atoms with Crippen molar-refractivity contribution >= 4 is 5.69 Å². The van der Waals surface area contributed by atoms with E-state index < -0.39 is 0 Å². The van der Waals surface area contributed by atoms with Gasteiger partial charge in [-0.1, -0.05) is 12.1 Å². The number of rotatable bonds is 1. The van der Waals surface area contributed by atoms with Gasteiger partial charge in [0.05, 0.1) is 5.69 Å². The predicted octanol–water partition coefficient (Wildman–Crippen LogP) is 1.41. The molecule has 1 fully saturated rings. The summed E-state index contributed by atoms with van der Waals surface area (Å²) in [5, 5.41) is 3.43. The van der Waals surface area contributed by atoms with Gasteiger partial charge in [0.1, 0.15) is 5.75 Å². The summed E-state index contributed by atoms with van der Waals surface area (Å²) in [6.07, 6.45) is 1.22. The third-order valence-electron chi connectivity index (χ3n) is 3.49. The number of nitrogens with one attached hydrogen (secondary N) is 1. The van der Waals surface area contributed by atoms with Gasteiger partial charge < -0.3 is 15.0 Å². The maximum atomic E-state index is 5.93. The number of benzene rings is 1. The molecule has 2 aliphatic rings. The van der Waals surface area contributed by atoms with E-state index >= 15 is 0 Å². The predicted molar refractivity (Wildman–Crippen MR) is 68.2 cm³/mol. The number of ether oxygens (including phenoxy) is 1. The van der Waals surface area contributed by atoms with Gasteiger partial charge >= 0.3 is 0 Å². The second-order valence-electron chi connectivity index (χ2n) is 4.80. The van der Waals surface area contributed by atoms with Crippen LogP contribution in [0.1, 0.15) is 6.42 Å². The van der Waals surface area contributed by atoms with Gasteiger partial charge in [-0.05, 0) is 32.1 Å². The van der Waals surface area contributed by atoms with Crippen LogP contribution in [0.5, 0.6) is 5.75 Å². The Labute approximate surface area is 102 Å². The highest BCUT2D eigenvalue weighted by Gasteiger charge is 2.28. The van der Waals surface area contributed by atoms with Crippen molar-refractivity contribution in [1.82, 2.24) is 9.80 Å². The molecule has 0 saturated carbocycles. The zero-order chi connectivity index (χ0) is 11.7. The van der Waals surface area contributed by atoms with Crippen molar-refractivity contribution in [1.29, 1.82) is 0 Å². The van der Waals surface area contributed by atoms with Crippen molar-refractivity contribution in [2.75, 3.05) is 38.5 Å². The lowest BCUT2D eigenvalue weighted by Gasteiger charge is -2.26. The van der Waals surface area contributed by atoms with Crippen molar-refractivity contribution in [2.45, 2.75) is 12.8 Å². The number of nitrogens with zero attached hydrogens (tertiary/aromatic N) is 2. The van der Waals surface area contributed by atoms with Gasteiger partial charge in [-0.25, -0.2) is 4.90 Å². The van der Waals surface area contributed by atoms with Crippen molar-refractivity contribution in [3.05, 3.63) is 24.3 Å². The Balaban J connectivity index is 1.67. The van der Waals surface area contributed by atoms with E-state index in [0.29, 0.717) is 0 Å². The van der Waals surface area contributed by atoms with Crippen molar-refractivity contribution in [2.24, 2.45) is 0 Å². The fourth-order valence-corrected chi connectivity index (χ4v) is 2.44. The SMILES string of the molecule is CN1CCCN(C2Nc3ccccc3O2)CC1. The van der Waals surface area contributed by atoms with E-state index in [9.17, 15) is 0 Å². The highest BCUT2D eigenvalue weighted by molar-refractivity contribution is 5.59. The van der Waals surface area contributed by atoms with E-state index in [0.717, 1.165) is 31.1 Å². The lowest BCUT2D eigenvalue weighted by Crippen LogP contribution is -2.44. The minimum atomic E-state index is 0.0129. The topological polar surface area (TPSA) is 27.7 Å². The molecule has 0 amide bonds. The molecule has 4 nitrogen and oxygen atoms in total. The zero-order valence-corrected chi connectivity index (χ0v) is 10.2. The average Bonchev–Trinajstić information content (AvgIpc) is 2.65. The van der Waals surface area contributed by atoms with E-state index in [-0.39, 0.29) is 6.35 Å². The molecule has 1 saturated heterocycles. The summed E-state index contributed by atoms with van der Waals surface area (Å²) in [5.74, 6) is 0.968. The molecule has 0 radical (unpaired) electrons. The molecule has 0 aromatic heterocycles. The largest absolute Gasteiger partial charge is 0.455 e. The molecule has 4 heteroatoms. The summed E-state index contributed by atoms with van der Waals surface area (Å²) in [4.78, 5) is 4.76. The van der Waals surface area contributed by atoms with Crippen LogP contribution in [-0.4, -0.2) is 49.4 Å². The summed E-state index contributed by atoms with van der Waals surface area (Å²) in [6, 6.07) is 8.14. The average molecular weight is 233 g/mol. The van der Waals surface area contributed by atoms with Crippen molar-refractivity contribution < 1.29 is 4.74 Å². The molecule has 1 atom stereocenters. The van der Waals surface area contributed by atoms with Crippen LogP contribution in [0.2, 0.25) is 0 Å². The van der Waals surface area contributed by atoms with E-state index in [2.05, 4.69) is 28.2 Å². The van der Waals surface area contributed by atoms with Crippen LogP contribution >= 0.6 is 0 Å². The van der Waals surface area contributed by atoms with E-state index in [1.807, 2.05) is 18.2 Å². The van der Waals surface area contributed by atoms with Crippen LogP contribution in [0.3, 0.4) is 0 Å². The highest BCUT2D eigenvalue weighted by Crippen LogP contribution is 2.32. The first-order valence-electron chi connectivity index (χ1n) is 6.28. The number of hydrogen-bond acceptors (Lipinski definition) is 4. The first kappa shape index (κ1) is 10.9. The Morgan fingerprint density at radius 3 is 2.94 bits per heavy atom. The summed E-state index contributed by atoms with van der Waals surface area (Å²) >= 11 is 0. The third kappa shape index (κ3) is 2.23. The lowest BCUT2D eigenvalue weighted by atomic mass is 10.3. The molecule has 3 rings (SSSR count). The second kappa shape index (κ2) is 4.55. The molecule has 0 aliphatic carbocycles. The van der Waals surface area contributed by atoms with Crippen LogP contribution in [0.25, 0.3) is 0 Å². The quantitative estimate of drug-likeness (QED) is 0.794. The first-order valence-corrected chi connectivity index (χ1v) is 6.28. The fourth-order valence-electron chi connectivity index (χ4n) is 2.44. The van der Waals surface area contributed by atoms with Gasteiger partial charge in [0.25, 0.3) is 0 Å². The van der Waals surface area contributed by atoms with Gasteiger partial charge in [0.15, 0.2) is 0 Å². The number of likely N-dealkylation sites (N-methyl/N-ethyl adjacent to an activating group) is 1. The first-order chi connectivity index (χ1) is 8.33.